The Labute approximate surface area is 105 Å². The molecule has 6 nitrogen and oxygen atoms in total. The summed E-state index contributed by atoms with van der Waals surface area (Å²) in [5, 5.41) is 13.8. The van der Waals surface area contributed by atoms with E-state index in [0.717, 1.165) is 17.0 Å². The lowest BCUT2D eigenvalue weighted by Gasteiger charge is -2.12. The molecular formula is C12H17N5O. The number of amides is 1. The van der Waals surface area contributed by atoms with Gasteiger partial charge in [0, 0.05) is 17.5 Å². The van der Waals surface area contributed by atoms with E-state index in [2.05, 4.69) is 20.6 Å². The lowest BCUT2D eigenvalue weighted by Crippen LogP contribution is -2.30. The topological polar surface area (TPSA) is 75.6 Å². The SMILES string of the molecule is Cc1cc(C)n(CC(=O)NC(C)c2cn[nH]c2)n1. The minimum Gasteiger partial charge on any atom is -0.348 e. The number of aromatic nitrogens is 4. The lowest BCUT2D eigenvalue weighted by molar-refractivity contribution is -0.122. The van der Waals surface area contributed by atoms with Gasteiger partial charge in [-0.2, -0.15) is 10.2 Å². The minimum absolute atomic E-state index is 0.0603. The molecule has 1 amide bonds. The van der Waals surface area contributed by atoms with Gasteiger partial charge in [-0.15, -0.1) is 0 Å². The zero-order chi connectivity index (χ0) is 13.1. The lowest BCUT2D eigenvalue weighted by atomic mass is 10.2. The molecule has 2 rings (SSSR count). The Kier molecular flexibility index (Phi) is 3.45. The summed E-state index contributed by atoms with van der Waals surface area (Å²) in [7, 11) is 0. The highest BCUT2D eigenvalue weighted by Gasteiger charge is 2.12. The first kappa shape index (κ1) is 12.3. The van der Waals surface area contributed by atoms with E-state index in [0.29, 0.717) is 0 Å². The van der Waals surface area contributed by atoms with Crippen molar-refractivity contribution in [1.82, 2.24) is 25.3 Å². The second-order valence-corrected chi connectivity index (χ2v) is 4.41. The molecule has 0 aliphatic rings. The van der Waals surface area contributed by atoms with Crippen molar-refractivity contribution in [3.63, 3.8) is 0 Å². The molecule has 0 radical (unpaired) electrons. The molecule has 0 aliphatic carbocycles. The van der Waals surface area contributed by atoms with Crippen molar-refractivity contribution < 1.29 is 4.79 Å². The number of aromatic amines is 1. The van der Waals surface area contributed by atoms with E-state index in [1.54, 1.807) is 17.1 Å². The molecule has 2 heterocycles. The number of H-pyrrole nitrogens is 1. The highest BCUT2D eigenvalue weighted by atomic mass is 16.2. The van der Waals surface area contributed by atoms with Crippen LogP contribution < -0.4 is 5.32 Å². The van der Waals surface area contributed by atoms with Crippen LogP contribution in [0.5, 0.6) is 0 Å². The third-order valence-corrected chi connectivity index (χ3v) is 2.79. The van der Waals surface area contributed by atoms with Crippen LogP contribution in [0.4, 0.5) is 0 Å². The van der Waals surface area contributed by atoms with Crippen molar-refractivity contribution in [2.75, 3.05) is 0 Å². The van der Waals surface area contributed by atoms with Crippen LogP contribution in [0.2, 0.25) is 0 Å². The largest absolute Gasteiger partial charge is 0.348 e. The molecular weight excluding hydrogens is 230 g/mol. The molecule has 18 heavy (non-hydrogen) atoms. The molecule has 2 N–H and O–H groups in total. The van der Waals surface area contributed by atoms with Crippen molar-refractivity contribution in [3.05, 3.63) is 35.4 Å². The maximum atomic E-state index is 11.9. The molecule has 1 atom stereocenters. The Morgan fingerprint density at radius 1 is 1.56 bits per heavy atom. The smallest absolute Gasteiger partial charge is 0.242 e. The number of hydrogen-bond acceptors (Lipinski definition) is 3. The second-order valence-electron chi connectivity index (χ2n) is 4.41. The van der Waals surface area contributed by atoms with Crippen LogP contribution >= 0.6 is 0 Å². The van der Waals surface area contributed by atoms with Crippen molar-refractivity contribution >= 4 is 5.91 Å². The number of nitrogens with zero attached hydrogens (tertiary/aromatic N) is 3. The molecule has 0 fully saturated rings. The normalized spacial score (nSPS) is 12.4. The van der Waals surface area contributed by atoms with Gasteiger partial charge in [-0.3, -0.25) is 14.6 Å². The first-order chi connectivity index (χ1) is 8.56. The fraction of sp³-hybridized carbons (Fsp3) is 0.417. The van der Waals surface area contributed by atoms with E-state index in [1.807, 2.05) is 26.8 Å². The summed E-state index contributed by atoms with van der Waals surface area (Å²) >= 11 is 0. The number of nitrogens with one attached hydrogen (secondary N) is 2. The predicted octanol–water partition coefficient (Wildman–Crippen LogP) is 1.10. The Hall–Kier alpha value is -2.11. The van der Waals surface area contributed by atoms with Crippen LogP contribution in [-0.2, 0) is 11.3 Å². The Bertz CT molecular complexity index is 529. The van der Waals surface area contributed by atoms with Gasteiger partial charge in [-0.25, -0.2) is 0 Å². The van der Waals surface area contributed by atoms with Gasteiger partial charge in [0.05, 0.1) is 17.9 Å². The standard InChI is InChI=1S/C12H17N5O/c1-8-4-9(2)17(16-8)7-12(18)15-10(3)11-5-13-14-6-11/h4-6,10H,7H2,1-3H3,(H,13,14)(H,15,18). The first-order valence-corrected chi connectivity index (χ1v) is 5.85. The molecule has 1 unspecified atom stereocenters. The van der Waals surface area contributed by atoms with Gasteiger partial charge in [-0.1, -0.05) is 0 Å². The summed E-state index contributed by atoms with van der Waals surface area (Å²) in [6.45, 7) is 6.01. The van der Waals surface area contributed by atoms with Crippen LogP contribution in [-0.4, -0.2) is 25.9 Å². The summed E-state index contributed by atoms with van der Waals surface area (Å²) in [4.78, 5) is 11.9. The predicted molar refractivity (Wildman–Crippen MR) is 66.8 cm³/mol. The fourth-order valence-electron chi connectivity index (χ4n) is 1.84. The second kappa shape index (κ2) is 5.03. The van der Waals surface area contributed by atoms with E-state index >= 15 is 0 Å². The van der Waals surface area contributed by atoms with Crippen LogP contribution in [0.25, 0.3) is 0 Å². The monoisotopic (exact) mass is 247 g/mol. The fourth-order valence-corrected chi connectivity index (χ4v) is 1.84. The Balaban J connectivity index is 1.95. The van der Waals surface area contributed by atoms with Crippen LogP contribution in [0.3, 0.4) is 0 Å². The number of carbonyl (C=O) groups is 1. The molecule has 0 aliphatic heterocycles. The summed E-state index contributed by atoms with van der Waals surface area (Å²) in [6.07, 6.45) is 3.47. The van der Waals surface area contributed by atoms with Gasteiger partial charge >= 0.3 is 0 Å². The molecule has 2 aromatic heterocycles. The van der Waals surface area contributed by atoms with Gasteiger partial charge in [-0.05, 0) is 26.8 Å². The molecule has 0 saturated carbocycles. The van der Waals surface area contributed by atoms with Crippen molar-refractivity contribution in [2.45, 2.75) is 33.4 Å². The van der Waals surface area contributed by atoms with E-state index in [1.165, 1.54) is 0 Å². The third-order valence-electron chi connectivity index (χ3n) is 2.79. The summed E-state index contributed by atoms with van der Waals surface area (Å²) in [5.74, 6) is -0.0603. The van der Waals surface area contributed by atoms with Crippen LogP contribution in [0.1, 0.15) is 29.9 Å². The van der Waals surface area contributed by atoms with Gasteiger partial charge in [0.15, 0.2) is 0 Å². The first-order valence-electron chi connectivity index (χ1n) is 5.85. The van der Waals surface area contributed by atoms with Crippen molar-refractivity contribution in [1.29, 1.82) is 0 Å². The maximum Gasteiger partial charge on any atom is 0.242 e. The zero-order valence-electron chi connectivity index (χ0n) is 10.8. The van der Waals surface area contributed by atoms with Crippen molar-refractivity contribution in [3.8, 4) is 0 Å². The zero-order valence-corrected chi connectivity index (χ0v) is 10.8. The van der Waals surface area contributed by atoms with E-state index in [9.17, 15) is 4.79 Å². The number of carbonyl (C=O) groups excluding carboxylic acids is 1. The molecule has 2 aromatic rings. The minimum atomic E-state index is -0.0618. The Morgan fingerprint density at radius 2 is 2.33 bits per heavy atom. The molecule has 96 valence electrons. The average molecular weight is 247 g/mol. The number of hydrogen-bond donors (Lipinski definition) is 2. The number of rotatable bonds is 4. The molecule has 0 bridgehead atoms. The van der Waals surface area contributed by atoms with Gasteiger partial charge < -0.3 is 5.32 Å². The van der Waals surface area contributed by atoms with E-state index < -0.39 is 0 Å². The summed E-state index contributed by atoms with van der Waals surface area (Å²) in [6, 6.07) is 1.89. The summed E-state index contributed by atoms with van der Waals surface area (Å²) < 4.78 is 1.70. The van der Waals surface area contributed by atoms with E-state index in [4.69, 9.17) is 0 Å². The van der Waals surface area contributed by atoms with Gasteiger partial charge in [0.2, 0.25) is 5.91 Å². The van der Waals surface area contributed by atoms with Gasteiger partial charge in [0.25, 0.3) is 0 Å². The Morgan fingerprint density at radius 3 is 2.89 bits per heavy atom. The van der Waals surface area contributed by atoms with Gasteiger partial charge in [0.1, 0.15) is 6.54 Å². The maximum absolute atomic E-state index is 11.9. The molecule has 0 saturated heterocycles. The quantitative estimate of drug-likeness (QED) is 0.849. The van der Waals surface area contributed by atoms with Crippen molar-refractivity contribution in [2.24, 2.45) is 0 Å². The molecule has 0 spiro atoms. The van der Waals surface area contributed by atoms with Crippen LogP contribution in [0.15, 0.2) is 18.5 Å². The number of aryl methyl sites for hydroxylation is 2. The van der Waals surface area contributed by atoms with E-state index in [-0.39, 0.29) is 18.5 Å². The highest BCUT2D eigenvalue weighted by Crippen LogP contribution is 2.09. The average Bonchev–Trinajstić information content (AvgIpc) is 2.89. The molecule has 0 aromatic carbocycles. The molecule has 6 heteroatoms. The summed E-state index contributed by atoms with van der Waals surface area (Å²) in [5.41, 5.74) is 2.86. The highest BCUT2D eigenvalue weighted by molar-refractivity contribution is 5.76. The third kappa shape index (κ3) is 2.77. The van der Waals surface area contributed by atoms with Crippen LogP contribution in [0, 0.1) is 13.8 Å².